The molecule has 0 amide bonds. The van der Waals surface area contributed by atoms with Gasteiger partial charge in [-0.25, -0.2) is 4.79 Å². The molecule has 0 bridgehead atoms. The normalized spacial score (nSPS) is 12.5. The van der Waals surface area contributed by atoms with E-state index in [2.05, 4.69) is 6.07 Å². The summed E-state index contributed by atoms with van der Waals surface area (Å²) in [6.45, 7) is 6.38. The van der Waals surface area contributed by atoms with Crippen molar-refractivity contribution in [2.24, 2.45) is 7.05 Å². The highest BCUT2D eigenvalue weighted by Crippen LogP contribution is 2.25. The van der Waals surface area contributed by atoms with E-state index in [1.807, 2.05) is 51.1 Å². The molecule has 0 aliphatic heterocycles. The summed E-state index contributed by atoms with van der Waals surface area (Å²) in [5.74, 6) is 0.810. The highest BCUT2D eigenvalue weighted by Gasteiger charge is 2.15. The number of nitrogens with zero attached hydrogens (tertiary/aromatic N) is 2. The van der Waals surface area contributed by atoms with Gasteiger partial charge in [0, 0.05) is 7.05 Å². The molecule has 1 heterocycles. The largest absolute Gasteiger partial charge is 0.490 e. The molecule has 5 heteroatoms. The number of rotatable bonds is 5. The lowest BCUT2D eigenvalue weighted by atomic mass is 10.1. The molecule has 5 nitrogen and oxygen atoms in total. The second kappa shape index (κ2) is 6.76. The Balaban J connectivity index is 1.79. The van der Waals surface area contributed by atoms with E-state index in [1.165, 1.54) is 0 Å². The summed E-state index contributed by atoms with van der Waals surface area (Å²) < 4.78 is 9.06. The monoisotopic (exact) mass is 340 g/mol. The van der Waals surface area contributed by atoms with Crippen LogP contribution in [-0.2, 0) is 13.6 Å². The molecule has 1 N–H and O–H groups in total. The number of aliphatic hydroxyl groups is 1. The number of imidazole rings is 1. The molecular formula is C20H24N2O3. The molecule has 1 aromatic heterocycles. The Morgan fingerprint density at radius 3 is 2.40 bits per heavy atom. The zero-order valence-electron chi connectivity index (χ0n) is 15.1. The van der Waals surface area contributed by atoms with Gasteiger partial charge in [-0.05, 0) is 49.6 Å². The zero-order valence-corrected chi connectivity index (χ0v) is 15.1. The predicted molar refractivity (Wildman–Crippen MR) is 99.3 cm³/mol. The molecule has 0 fully saturated rings. The Bertz CT molecular complexity index is 969. The molecule has 0 spiro atoms. The fraction of sp³-hybridized carbons (Fsp3) is 0.350. The van der Waals surface area contributed by atoms with Gasteiger partial charge in [0.25, 0.3) is 0 Å². The molecule has 25 heavy (non-hydrogen) atoms. The lowest BCUT2D eigenvalue weighted by Crippen LogP contribution is -2.30. The molecule has 1 atom stereocenters. The minimum absolute atomic E-state index is 0.136. The van der Waals surface area contributed by atoms with Gasteiger partial charge in [0.15, 0.2) is 0 Å². The molecular weight excluding hydrogens is 316 g/mol. The number of aliphatic hydroxyl groups excluding tert-OH is 1. The molecule has 3 aromatic rings. The van der Waals surface area contributed by atoms with Gasteiger partial charge in [-0.15, -0.1) is 0 Å². The summed E-state index contributed by atoms with van der Waals surface area (Å²) in [5, 5.41) is 10.4. The highest BCUT2D eigenvalue weighted by molar-refractivity contribution is 5.75. The second-order valence-corrected chi connectivity index (χ2v) is 6.56. The van der Waals surface area contributed by atoms with Crippen molar-refractivity contribution < 1.29 is 9.84 Å². The van der Waals surface area contributed by atoms with E-state index >= 15 is 0 Å². The third kappa shape index (κ3) is 3.20. The van der Waals surface area contributed by atoms with Crippen LogP contribution in [0.25, 0.3) is 11.0 Å². The van der Waals surface area contributed by atoms with E-state index in [1.54, 1.807) is 16.2 Å². The number of hydrogen-bond donors (Lipinski definition) is 1. The standard InChI is InChI=1S/C20H24N2O3/c1-13-9-10-14(2)19(15(13)3)25-12-16(23)11-22-18-8-6-5-7-17(18)21(4)20(22)24/h5-10,16,23H,11-12H2,1-4H3/t16-/m1/s1. The number of para-hydroxylation sites is 2. The first-order chi connectivity index (χ1) is 11.9. The first kappa shape index (κ1) is 17.3. The summed E-state index contributed by atoms with van der Waals surface area (Å²) in [5.41, 5.74) is 4.80. The van der Waals surface area contributed by atoms with Gasteiger partial charge >= 0.3 is 5.69 Å². The van der Waals surface area contributed by atoms with Gasteiger partial charge in [0.1, 0.15) is 18.5 Å². The summed E-state index contributed by atoms with van der Waals surface area (Å²) in [7, 11) is 1.74. The third-order valence-corrected chi connectivity index (χ3v) is 4.74. The molecule has 2 aromatic carbocycles. The van der Waals surface area contributed by atoms with Crippen molar-refractivity contribution in [3.05, 3.63) is 63.6 Å². The van der Waals surface area contributed by atoms with Crippen molar-refractivity contribution in [1.82, 2.24) is 9.13 Å². The SMILES string of the molecule is Cc1ccc(C)c(OC[C@H](O)Cn2c(=O)n(C)c3ccccc32)c1C. The maximum absolute atomic E-state index is 12.4. The Morgan fingerprint density at radius 2 is 1.68 bits per heavy atom. The topological polar surface area (TPSA) is 56.4 Å². The highest BCUT2D eigenvalue weighted by atomic mass is 16.5. The van der Waals surface area contributed by atoms with Gasteiger partial charge in [0.2, 0.25) is 0 Å². The first-order valence-corrected chi connectivity index (χ1v) is 8.42. The molecule has 0 aliphatic rings. The molecule has 0 saturated carbocycles. The molecule has 132 valence electrons. The van der Waals surface area contributed by atoms with Crippen LogP contribution in [-0.4, -0.2) is 27.0 Å². The molecule has 0 saturated heterocycles. The zero-order chi connectivity index (χ0) is 18.1. The summed E-state index contributed by atoms with van der Waals surface area (Å²) in [4.78, 5) is 12.4. The number of aryl methyl sites for hydroxylation is 3. The van der Waals surface area contributed by atoms with Crippen LogP contribution in [0.1, 0.15) is 16.7 Å². The van der Waals surface area contributed by atoms with Crippen LogP contribution in [0.3, 0.4) is 0 Å². The van der Waals surface area contributed by atoms with Gasteiger partial charge < -0.3 is 9.84 Å². The van der Waals surface area contributed by atoms with E-state index in [9.17, 15) is 9.90 Å². The van der Waals surface area contributed by atoms with E-state index in [-0.39, 0.29) is 18.8 Å². The summed E-state index contributed by atoms with van der Waals surface area (Å²) >= 11 is 0. The quantitative estimate of drug-likeness (QED) is 0.777. The van der Waals surface area contributed by atoms with Crippen LogP contribution in [0.5, 0.6) is 5.75 Å². The Hall–Kier alpha value is -2.53. The predicted octanol–water partition coefficient (Wildman–Crippen LogP) is 2.71. The average Bonchev–Trinajstić information content (AvgIpc) is 2.84. The van der Waals surface area contributed by atoms with Crippen LogP contribution in [0.4, 0.5) is 0 Å². The molecule has 0 radical (unpaired) electrons. The second-order valence-electron chi connectivity index (χ2n) is 6.56. The average molecular weight is 340 g/mol. The minimum atomic E-state index is -0.775. The van der Waals surface area contributed by atoms with Crippen LogP contribution in [0.15, 0.2) is 41.2 Å². The van der Waals surface area contributed by atoms with Crippen molar-refractivity contribution >= 4 is 11.0 Å². The summed E-state index contributed by atoms with van der Waals surface area (Å²) in [6.07, 6.45) is -0.775. The van der Waals surface area contributed by atoms with Crippen molar-refractivity contribution in [3.8, 4) is 5.75 Å². The van der Waals surface area contributed by atoms with Crippen molar-refractivity contribution in [1.29, 1.82) is 0 Å². The van der Waals surface area contributed by atoms with Gasteiger partial charge in [-0.1, -0.05) is 24.3 Å². The summed E-state index contributed by atoms with van der Waals surface area (Å²) in [6, 6.07) is 11.6. The smallest absolute Gasteiger partial charge is 0.328 e. The first-order valence-electron chi connectivity index (χ1n) is 8.42. The molecule has 0 unspecified atom stereocenters. The van der Waals surface area contributed by atoms with Crippen LogP contribution in [0.2, 0.25) is 0 Å². The van der Waals surface area contributed by atoms with E-state index in [0.29, 0.717) is 0 Å². The van der Waals surface area contributed by atoms with E-state index in [4.69, 9.17) is 4.74 Å². The van der Waals surface area contributed by atoms with Crippen LogP contribution in [0, 0.1) is 20.8 Å². The number of fused-ring (bicyclic) bond motifs is 1. The Labute approximate surface area is 147 Å². The number of ether oxygens (including phenoxy) is 1. The lowest BCUT2D eigenvalue weighted by Gasteiger charge is -2.17. The van der Waals surface area contributed by atoms with E-state index < -0.39 is 6.10 Å². The van der Waals surface area contributed by atoms with Crippen molar-refractivity contribution in [2.45, 2.75) is 33.4 Å². The number of hydrogen-bond acceptors (Lipinski definition) is 3. The Morgan fingerprint density at radius 1 is 1.04 bits per heavy atom. The molecule has 3 rings (SSSR count). The van der Waals surface area contributed by atoms with Crippen molar-refractivity contribution in [3.63, 3.8) is 0 Å². The van der Waals surface area contributed by atoms with Crippen LogP contribution < -0.4 is 10.4 Å². The maximum Gasteiger partial charge on any atom is 0.328 e. The maximum atomic E-state index is 12.4. The fourth-order valence-corrected chi connectivity index (χ4v) is 3.13. The minimum Gasteiger partial charge on any atom is -0.490 e. The fourth-order valence-electron chi connectivity index (χ4n) is 3.13. The van der Waals surface area contributed by atoms with E-state index in [0.717, 1.165) is 33.5 Å². The van der Waals surface area contributed by atoms with Crippen molar-refractivity contribution in [2.75, 3.05) is 6.61 Å². The number of aromatic nitrogens is 2. The molecule has 0 aliphatic carbocycles. The lowest BCUT2D eigenvalue weighted by molar-refractivity contribution is 0.0918. The Kier molecular flexibility index (Phi) is 4.68. The van der Waals surface area contributed by atoms with Gasteiger partial charge in [0.05, 0.1) is 17.6 Å². The van der Waals surface area contributed by atoms with Crippen LogP contribution >= 0.6 is 0 Å². The van der Waals surface area contributed by atoms with Gasteiger partial charge in [-0.2, -0.15) is 0 Å². The third-order valence-electron chi connectivity index (χ3n) is 4.74. The number of benzene rings is 2. The van der Waals surface area contributed by atoms with Gasteiger partial charge in [-0.3, -0.25) is 9.13 Å².